The van der Waals surface area contributed by atoms with Crippen LogP contribution < -0.4 is 5.32 Å². The van der Waals surface area contributed by atoms with Gasteiger partial charge in [-0.25, -0.2) is 0 Å². The van der Waals surface area contributed by atoms with Crippen LogP contribution in [0.25, 0.3) is 6.08 Å². The SMILES string of the molecule is CSc1nnc(CCCNC(=O)/C=C/c2ccc(I)o2)n1C1CCCC1. The number of nitrogens with one attached hydrogen (secondary N) is 1. The Balaban J connectivity index is 1.47. The van der Waals surface area contributed by atoms with Gasteiger partial charge in [0.2, 0.25) is 5.91 Å². The first-order chi connectivity index (χ1) is 12.7. The van der Waals surface area contributed by atoms with Crippen molar-refractivity contribution in [3.63, 3.8) is 0 Å². The second-order valence-corrected chi connectivity index (χ2v) is 8.12. The highest BCUT2D eigenvalue weighted by Gasteiger charge is 2.23. The Morgan fingerprint density at radius 3 is 2.92 bits per heavy atom. The minimum absolute atomic E-state index is 0.113. The number of hydrogen-bond acceptors (Lipinski definition) is 5. The summed E-state index contributed by atoms with van der Waals surface area (Å²) in [5, 5.41) is 12.6. The molecule has 2 heterocycles. The van der Waals surface area contributed by atoms with Gasteiger partial charge in [-0.05, 0) is 66.3 Å². The lowest BCUT2D eigenvalue weighted by atomic mass is 10.2. The van der Waals surface area contributed by atoms with Crippen LogP contribution in [0.4, 0.5) is 0 Å². The topological polar surface area (TPSA) is 73.0 Å². The molecule has 1 saturated carbocycles. The molecule has 0 unspecified atom stereocenters. The van der Waals surface area contributed by atoms with Crippen LogP contribution in [0.1, 0.15) is 49.7 Å². The Bertz CT molecular complexity index is 765. The fourth-order valence-electron chi connectivity index (χ4n) is 3.24. The van der Waals surface area contributed by atoms with Gasteiger partial charge in [0.1, 0.15) is 11.6 Å². The predicted octanol–water partition coefficient (Wildman–Crippen LogP) is 4.07. The Morgan fingerprint density at radius 2 is 2.23 bits per heavy atom. The van der Waals surface area contributed by atoms with Gasteiger partial charge in [0.15, 0.2) is 8.92 Å². The first kappa shape index (κ1) is 19.5. The molecule has 1 fully saturated rings. The molecule has 0 spiro atoms. The lowest BCUT2D eigenvalue weighted by Gasteiger charge is -2.16. The average Bonchev–Trinajstić information content (AvgIpc) is 3.37. The summed E-state index contributed by atoms with van der Waals surface area (Å²) in [6.45, 7) is 0.616. The lowest BCUT2D eigenvalue weighted by Crippen LogP contribution is -2.23. The van der Waals surface area contributed by atoms with Crippen LogP contribution in [-0.2, 0) is 11.2 Å². The summed E-state index contributed by atoms with van der Waals surface area (Å²) in [6, 6.07) is 4.24. The largest absolute Gasteiger partial charge is 0.451 e. The molecule has 1 N–H and O–H groups in total. The molecule has 1 aliphatic carbocycles. The van der Waals surface area contributed by atoms with E-state index in [1.165, 1.54) is 31.8 Å². The Labute approximate surface area is 171 Å². The molecule has 0 bridgehead atoms. The Kier molecular flexibility index (Phi) is 7.18. The number of hydrogen-bond donors (Lipinski definition) is 1. The molecule has 3 rings (SSSR count). The zero-order valence-corrected chi connectivity index (χ0v) is 17.8. The molecule has 6 nitrogen and oxygen atoms in total. The summed E-state index contributed by atoms with van der Waals surface area (Å²) in [4.78, 5) is 11.9. The van der Waals surface area contributed by atoms with Gasteiger partial charge >= 0.3 is 0 Å². The number of aromatic nitrogens is 3. The van der Waals surface area contributed by atoms with Gasteiger partial charge in [-0.15, -0.1) is 10.2 Å². The molecule has 0 saturated heterocycles. The van der Waals surface area contributed by atoms with Crippen LogP contribution in [-0.4, -0.2) is 33.5 Å². The van der Waals surface area contributed by atoms with E-state index in [2.05, 4.69) is 42.7 Å². The number of rotatable bonds is 8. The number of thioether (sulfide) groups is 1. The maximum atomic E-state index is 11.9. The predicted molar refractivity (Wildman–Crippen MR) is 111 cm³/mol. The van der Waals surface area contributed by atoms with Crippen molar-refractivity contribution in [1.82, 2.24) is 20.1 Å². The first-order valence-corrected chi connectivity index (χ1v) is 11.2. The van der Waals surface area contributed by atoms with Gasteiger partial charge in [0, 0.05) is 25.1 Å². The maximum absolute atomic E-state index is 11.9. The van der Waals surface area contributed by atoms with Crippen molar-refractivity contribution in [1.29, 1.82) is 0 Å². The van der Waals surface area contributed by atoms with Crippen molar-refractivity contribution in [2.24, 2.45) is 0 Å². The Hall–Kier alpha value is -1.29. The van der Waals surface area contributed by atoms with E-state index < -0.39 is 0 Å². The standard InChI is InChI=1S/C18H23IN4O2S/c1-26-18-22-21-16(23(18)13-5-2-3-6-13)7-4-12-20-17(24)11-9-14-8-10-15(19)25-14/h8-11,13H,2-7,12H2,1H3,(H,20,24)/b11-9+. The van der Waals surface area contributed by atoms with Crippen molar-refractivity contribution >= 4 is 46.3 Å². The maximum Gasteiger partial charge on any atom is 0.244 e. The van der Waals surface area contributed by atoms with Crippen LogP contribution in [0.15, 0.2) is 27.8 Å². The molecule has 1 amide bonds. The molecular weight excluding hydrogens is 463 g/mol. The second kappa shape index (κ2) is 9.59. The molecule has 140 valence electrons. The van der Waals surface area contributed by atoms with Crippen LogP contribution in [0.2, 0.25) is 0 Å². The van der Waals surface area contributed by atoms with Crippen molar-refractivity contribution in [3.8, 4) is 0 Å². The molecule has 0 aliphatic heterocycles. The van der Waals surface area contributed by atoms with E-state index in [1.54, 1.807) is 17.8 Å². The normalized spacial score (nSPS) is 15.2. The highest BCUT2D eigenvalue weighted by Crippen LogP contribution is 2.33. The zero-order valence-electron chi connectivity index (χ0n) is 14.8. The summed E-state index contributed by atoms with van der Waals surface area (Å²) in [5.74, 6) is 1.61. The van der Waals surface area contributed by atoms with Crippen molar-refractivity contribution in [2.75, 3.05) is 12.8 Å². The number of carbonyl (C=O) groups excluding carboxylic acids is 1. The van der Waals surface area contributed by atoms with Crippen LogP contribution in [0.5, 0.6) is 0 Å². The highest BCUT2D eigenvalue weighted by atomic mass is 127. The molecule has 2 aromatic heterocycles. The Morgan fingerprint density at radius 1 is 1.42 bits per heavy atom. The molecule has 2 aromatic rings. The summed E-state index contributed by atoms with van der Waals surface area (Å²) < 4.78 is 8.51. The van der Waals surface area contributed by atoms with Crippen LogP contribution >= 0.6 is 34.4 Å². The van der Waals surface area contributed by atoms with E-state index in [1.807, 2.05) is 18.4 Å². The van der Waals surface area contributed by atoms with Gasteiger partial charge in [-0.2, -0.15) is 0 Å². The van der Waals surface area contributed by atoms with E-state index in [9.17, 15) is 4.79 Å². The second-order valence-electron chi connectivity index (χ2n) is 6.28. The fourth-order valence-corrected chi connectivity index (χ4v) is 4.25. The molecule has 1 aliphatic rings. The van der Waals surface area contributed by atoms with E-state index in [4.69, 9.17) is 4.42 Å². The highest BCUT2D eigenvalue weighted by molar-refractivity contribution is 14.1. The smallest absolute Gasteiger partial charge is 0.244 e. The van der Waals surface area contributed by atoms with Gasteiger partial charge < -0.3 is 14.3 Å². The van der Waals surface area contributed by atoms with Gasteiger partial charge in [-0.3, -0.25) is 4.79 Å². The molecule has 0 radical (unpaired) electrons. The van der Waals surface area contributed by atoms with Crippen molar-refractivity contribution < 1.29 is 9.21 Å². The van der Waals surface area contributed by atoms with Crippen LogP contribution in [0.3, 0.4) is 0 Å². The third-order valence-electron chi connectivity index (χ3n) is 4.48. The van der Waals surface area contributed by atoms with E-state index in [0.717, 1.165) is 27.6 Å². The molecule has 8 heteroatoms. The molecule has 26 heavy (non-hydrogen) atoms. The number of halogens is 1. The molecule has 0 atom stereocenters. The fraction of sp³-hybridized carbons (Fsp3) is 0.500. The summed E-state index contributed by atoms with van der Waals surface area (Å²) in [6.07, 6.45) is 11.9. The third kappa shape index (κ3) is 5.12. The minimum Gasteiger partial charge on any atom is -0.451 e. The summed E-state index contributed by atoms with van der Waals surface area (Å²) in [5.41, 5.74) is 0. The lowest BCUT2D eigenvalue weighted by molar-refractivity contribution is -0.116. The monoisotopic (exact) mass is 486 g/mol. The zero-order chi connectivity index (χ0) is 18.4. The van der Waals surface area contributed by atoms with Crippen LogP contribution in [0, 0.1) is 3.77 Å². The minimum atomic E-state index is -0.113. The summed E-state index contributed by atoms with van der Waals surface area (Å²) >= 11 is 3.75. The quantitative estimate of drug-likeness (QED) is 0.264. The average molecular weight is 486 g/mol. The van der Waals surface area contributed by atoms with Crippen molar-refractivity contribution in [3.05, 3.63) is 33.6 Å². The molecular formula is C18H23IN4O2S. The summed E-state index contributed by atoms with van der Waals surface area (Å²) in [7, 11) is 0. The number of carbonyl (C=O) groups is 1. The number of furan rings is 1. The van der Waals surface area contributed by atoms with Gasteiger partial charge in [0.25, 0.3) is 0 Å². The van der Waals surface area contributed by atoms with E-state index >= 15 is 0 Å². The van der Waals surface area contributed by atoms with E-state index in [-0.39, 0.29) is 5.91 Å². The number of aryl methyl sites for hydroxylation is 1. The van der Waals surface area contributed by atoms with Gasteiger partial charge in [-0.1, -0.05) is 24.6 Å². The number of amides is 1. The van der Waals surface area contributed by atoms with E-state index in [0.29, 0.717) is 18.3 Å². The third-order valence-corrected chi connectivity index (χ3v) is 5.70. The van der Waals surface area contributed by atoms with Crippen molar-refractivity contribution in [2.45, 2.75) is 49.7 Å². The van der Waals surface area contributed by atoms with Gasteiger partial charge in [0.05, 0.1) is 0 Å². The first-order valence-electron chi connectivity index (χ1n) is 8.86. The number of nitrogens with zero attached hydrogens (tertiary/aromatic N) is 3. The molecule has 0 aromatic carbocycles.